The average Bonchev–Trinajstić information content (AvgIpc) is 3.14. The minimum Gasteiger partial charge on any atom is -0.479 e. The Morgan fingerprint density at radius 2 is 1.94 bits per heavy atom. The maximum Gasteiger partial charge on any atom is 0.335 e. The fourth-order valence-electron chi connectivity index (χ4n) is 4.99. The van der Waals surface area contributed by atoms with E-state index in [1.807, 2.05) is 0 Å². The van der Waals surface area contributed by atoms with E-state index in [0.29, 0.717) is 18.4 Å². The van der Waals surface area contributed by atoms with Gasteiger partial charge in [-0.1, -0.05) is 5.92 Å². The van der Waals surface area contributed by atoms with E-state index in [4.69, 9.17) is 21.3 Å². The van der Waals surface area contributed by atoms with Crippen LogP contribution in [0.25, 0.3) is 11.2 Å². The zero-order chi connectivity index (χ0) is 24.2. The first-order valence-corrected chi connectivity index (χ1v) is 11.4. The monoisotopic (exact) mass is 472 g/mol. The number of aliphatic hydroxyl groups excluding tert-OH is 2. The van der Waals surface area contributed by atoms with Crippen LogP contribution in [0.15, 0.2) is 6.33 Å². The lowest BCUT2D eigenvalue weighted by atomic mass is 9.85. The molecule has 0 spiro atoms. The number of nitrogen functional groups attached to an aromatic ring is 1. The molecule has 182 valence electrons. The van der Waals surface area contributed by atoms with Crippen molar-refractivity contribution in [3.05, 3.63) is 12.2 Å². The molecule has 7 unspecified atom stereocenters. The van der Waals surface area contributed by atoms with Crippen LogP contribution in [0.5, 0.6) is 0 Å². The number of hydrogen-bond donors (Lipinski definition) is 6. The molecule has 0 aromatic carbocycles. The van der Waals surface area contributed by atoms with Crippen molar-refractivity contribution in [1.29, 1.82) is 0 Å². The largest absolute Gasteiger partial charge is 0.479 e. The molecule has 3 saturated carbocycles. The van der Waals surface area contributed by atoms with E-state index in [2.05, 4.69) is 26.8 Å². The number of aliphatic hydroxyl groups is 3. The van der Waals surface area contributed by atoms with Gasteiger partial charge in [0, 0.05) is 6.04 Å². The molecule has 3 aliphatic carbocycles. The molecule has 4 fully saturated rings. The van der Waals surface area contributed by atoms with Crippen molar-refractivity contribution in [3.63, 3.8) is 0 Å². The second-order valence-corrected chi connectivity index (χ2v) is 9.61. The molecule has 1 saturated heterocycles. The Hall–Kier alpha value is -2.82. The first kappa shape index (κ1) is 22.9. The summed E-state index contributed by atoms with van der Waals surface area (Å²) in [5.41, 5.74) is 10.5. The molecule has 2 aromatic rings. The topological polar surface area (TPSA) is 203 Å². The molecule has 2 bridgehead atoms. The number of carbonyl (C=O) groups is 1. The molecule has 34 heavy (non-hydrogen) atoms. The summed E-state index contributed by atoms with van der Waals surface area (Å²) in [6, 6.07) is 0.583. The van der Waals surface area contributed by atoms with Crippen LogP contribution in [-0.4, -0.2) is 75.9 Å². The van der Waals surface area contributed by atoms with Crippen molar-refractivity contribution in [2.45, 2.75) is 74.7 Å². The first-order chi connectivity index (χ1) is 16.2. The van der Waals surface area contributed by atoms with Gasteiger partial charge in [-0.2, -0.15) is 0 Å². The number of nitrogens with two attached hydrogens (primary N) is 2. The molecule has 7 atom stereocenters. The molecule has 1 aliphatic heterocycles. The lowest BCUT2D eigenvalue weighted by Gasteiger charge is -2.26. The van der Waals surface area contributed by atoms with Crippen LogP contribution in [-0.2, 0) is 9.53 Å². The Kier molecular flexibility index (Phi) is 5.70. The van der Waals surface area contributed by atoms with E-state index in [9.17, 15) is 20.1 Å². The molecular formula is C22H28N6O6. The van der Waals surface area contributed by atoms with Crippen molar-refractivity contribution in [3.8, 4) is 11.8 Å². The van der Waals surface area contributed by atoms with Gasteiger partial charge in [-0.15, -0.1) is 0 Å². The van der Waals surface area contributed by atoms with Crippen LogP contribution in [0.2, 0.25) is 0 Å². The van der Waals surface area contributed by atoms with Gasteiger partial charge in [0.1, 0.15) is 23.3 Å². The Morgan fingerprint density at radius 3 is 2.50 bits per heavy atom. The van der Waals surface area contributed by atoms with Crippen molar-refractivity contribution in [1.82, 2.24) is 19.5 Å². The lowest BCUT2D eigenvalue weighted by molar-refractivity contribution is -0.155. The second-order valence-electron chi connectivity index (χ2n) is 9.61. The van der Waals surface area contributed by atoms with Gasteiger partial charge in [-0.25, -0.2) is 19.7 Å². The average molecular weight is 473 g/mol. The Bertz CT molecular complexity index is 1170. The van der Waals surface area contributed by atoms with Gasteiger partial charge in [0.25, 0.3) is 0 Å². The minimum atomic E-state index is -1.62. The van der Waals surface area contributed by atoms with Crippen LogP contribution in [0, 0.1) is 23.7 Å². The smallest absolute Gasteiger partial charge is 0.335 e. The van der Waals surface area contributed by atoms with E-state index >= 15 is 0 Å². The van der Waals surface area contributed by atoms with E-state index < -0.39 is 36.1 Å². The summed E-state index contributed by atoms with van der Waals surface area (Å²) < 4.78 is 6.61. The molecule has 12 nitrogen and oxygen atoms in total. The van der Waals surface area contributed by atoms with E-state index in [0.717, 1.165) is 19.3 Å². The van der Waals surface area contributed by atoms with Crippen LogP contribution in [0.3, 0.4) is 0 Å². The Balaban J connectivity index is 0.000000547. The van der Waals surface area contributed by atoms with Crippen LogP contribution >= 0.6 is 0 Å². The zero-order valence-corrected chi connectivity index (χ0v) is 18.4. The van der Waals surface area contributed by atoms with Gasteiger partial charge < -0.3 is 36.6 Å². The fourth-order valence-corrected chi connectivity index (χ4v) is 4.99. The van der Waals surface area contributed by atoms with E-state index in [-0.39, 0.29) is 28.7 Å². The summed E-state index contributed by atoms with van der Waals surface area (Å²) >= 11 is 0. The maximum atomic E-state index is 11.2. The fraction of sp³-hybridized carbons (Fsp3) is 0.636. The van der Waals surface area contributed by atoms with Gasteiger partial charge >= 0.3 is 5.97 Å². The highest BCUT2D eigenvalue weighted by Crippen LogP contribution is 2.50. The van der Waals surface area contributed by atoms with Crippen molar-refractivity contribution >= 4 is 23.0 Å². The third-order valence-corrected chi connectivity index (χ3v) is 7.03. The predicted molar refractivity (Wildman–Crippen MR) is 118 cm³/mol. The number of aromatic nitrogens is 4. The molecule has 0 radical (unpaired) electrons. The number of carboxylic acid groups (broad SMARTS) is 1. The maximum absolute atomic E-state index is 11.2. The SMILES string of the molecule is NC1CC1.Nc1nc(C#CC2(O)CC3CCC2C3)nc2c1ncn2C1OC(C(=O)O)C(O)C1O. The number of aliphatic carboxylic acids is 1. The van der Waals surface area contributed by atoms with Crippen LogP contribution in [0.4, 0.5) is 5.82 Å². The predicted octanol–water partition coefficient (Wildman–Crippen LogP) is -0.878. The zero-order valence-electron chi connectivity index (χ0n) is 18.4. The molecule has 0 amide bonds. The summed E-state index contributed by atoms with van der Waals surface area (Å²) in [6.45, 7) is 0. The molecule has 3 heterocycles. The van der Waals surface area contributed by atoms with Gasteiger partial charge in [-0.3, -0.25) is 4.57 Å². The molecule has 12 heteroatoms. The highest BCUT2D eigenvalue weighted by atomic mass is 16.6. The number of anilines is 1. The van der Waals surface area contributed by atoms with Gasteiger partial charge in [0.05, 0.1) is 6.33 Å². The third kappa shape index (κ3) is 4.10. The van der Waals surface area contributed by atoms with Crippen LogP contribution in [0.1, 0.15) is 50.6 Å². The van der Waals surface area contributed by atoms with Crippen molar-refractivity contribution < 1.29 is 30.0 Å². The summed E-state index contributed by atoms with van der Waals surface area (Å²) in [6.07, 6.45) is 1.55. The van der Waals surface area contributed by atoms with Gasteiger partial charge in [-0.05, 0) is 56.3 Å². The first-order valence-electron chi connectivity index (χ1n) is 11.4. The van der Waals surface area contributed by atoms with Crippen LogP contribution < -0.4 is 11.5 Å². The van der Waals surface area contributed by atoms with E-state index in [1.54, 1.807) is 0 Å². The molecule has 2 aromatic heterocycles. The highest BCUT2D eigenvalue weighted by Gasteiger charge is 2.49. The van der Waals surface area contributed by atoms with Crippen molar-refractivity contribution in [2.24, 2.45) is 17.6 Å². The molecular weight excluding hydrogens is 444 g/mol. The summed E-state index contributed by atoms with van der Waals surface area (Å²) in [7, 11) is 0. The molecule has 8 N–H and O–H groups in total. The van der Waals surface area contributed by atoms with E-state index in [1.165, 1.54) is 23.7 Å². The Morgan fingerprint density at radius 1 is 1.21 bits per heavy atom. The van der Waals surface area contributed by atoms with Gasteiger partial charge in [0.15, 0.2) is 23.8 Å². The summed E-state index contributed by atoms with van der Waals surface area (Å²) in [4.78, 5) is 23.8. The van der Waals surface area contributed by atoms with Gasteiger partial charge in [0.2, 0.25) is 5.82 Å². The number of nitrogens with zero attached hydrogens (tertiary/aromatic N) is 4. The second kappa shape index (κ2) is 8.44. The summed E-state index contributed by atoms with van der Waals surface area (Å²) in [5.74, 6) is 5.09. The number of fused-ring (bicyclic) bond motifs is 3. The number of hydrogen-bond acceptors (Lipinski definition) is 10. The number of rotatable bonds is 2. The molecule has 6 rings (SSSR count). The minimum absolute atomic E-state index is 0.0470. The third-order valence-electron chi connectivity index (χ3n) is 7.03. The standard InChI is InChI=1S/C19H21N5O6.C3H7N/c20-15-11-16(24(7-21-11)17-13(26)12(25)14(30-17)18(27)28)23-10(22-15)3-4-19(29)6-8-1-2-9(19)5-8;4-3-1-2-3/h7-9,12-14,17,25-26,29H,1-2,5-6H2,(H,27,28)(H2,20,22,23);3H,1-2,4H2. The number of carboxylic acids is 1. The number of imidazole rings is 1. The number of ether oxygens (including phenoxy) is 1. The Labute approximate surface area is 195 Å². The lowest BCUT2D eigenvalue weighted by Crippen LogP contribution is -2.35. The summed E-state index contributed by atoms with van der Waals surface area (Å²) in [5, 5.41) is 40.2. The highest BCUT2D eigenvalue weighted by molar-refractivity contribution is 5.82. The van der Waals surface area contributed by atoms with Crippen molar-refractivity contribution in [2.75, 3.05) is 5.73 Å². The quantitative estimate of drug-likeness (QED) is 0.296. The normalized spacial score (nSPS) is 36.1. The molecule has 4 aliphatic rings.